The zero-order valence-electron chi connectivity index (χ0n) is 12.8. The molecule has 3 rings (SSSR count). The molecule has 0 spiro atoms. The first-order chi connectivity index (χ1) is 10.7. The Morgan fingerprint density at radius 1 is 1.09 bits per heavy atom. The van der Waals surface area contributed by atoms with Crippen molar-refractivity contribution in [2.75, 3.05) is 11.4 Å². The first kappa shape index (κ1) is 14.9. The summed E-state index contributed by atoms with van der Waals surface area (Å²) in [6, 6.07) is 15.4. The molecule has 4 heteroatoms. The Balaban J connectivity index is 2.05. The highest BCUT2D eigenvalue weighted by Crippen LogP contribution is 2.40. The Hall–Kier alpha value is -2.04. The molecule has 0 aliphatic carbocycles. The van der Waals surface area contributed by atoms with Gasteiger partial charge in [-0.05, 0) is 24.1 Å². The lowest BCUT2D eigenvalue weighted by atomic mass is 10.0. The molecule has 2 aromatic carbocycles. The van der Waals surface area contributed by atoms with Crippen molar-refractivity contribution in [1.29, 1.82) is 0 Å². The lowest BCUT2D eigenvalue weighted by Crippen LogP contribution is -2.44. The zero-order chi connectivity index (χ0) is 15.5. The predicted octanol–water partition coefficient (Wildman–Crippen LogP) is 3.90. The standard InChI is InChI=1S/C18H22N2O2/c1-2-3-12-19-16-10-6-4-8-14(16)13-20(22)18(19)15-9-5-7-11-17(15)21/h4-11,18,21-22H,2-3,12-13H2,1H3. The van der Waals surface area contributed by atoms with Crippen molar-refractivity contribution in [3.8, 4) is 5.75 Å². The molecule has 1 unspecified atom stereocenters. The Labute approximate surface area is 131 Å². The van der Waals surface area contributed by atoms with Gasteiger partial charge in [0.2, 0.25) is 0 Å². The van der Waals surface area contributed by atoms with E-state index in [1.165, 1.54) is 5.06 Å². The number of nitrogens with zero attached hydrogens (tertiary/aromatic N) is 2. The monoisotopic (exact) mass is 298 g/mol. The van der Waals surface area contributed by atoms with Crippen molar-refractivity contribution < 1.29 is 10.3 Å². The molecule has 0 bridgehead atoms. The highest BCUT2D eigenvalue weighted by atomic mass is 16.5. The molecule has 0 saturated carbocycles. The van der Waals surface area contributed by atoms with Crippen molar-refractivity contribution >= 4 is 5.69 Å². The molecule has 1 atom stereocenters. The summed E-state index contributed by atoms with van der Waals surface area (Å²) in [7, 11) is 0. The summed E-state index contributed by atoms with van der Waals surface area (Å²) < 4.78 is 0. The Morgan fingerprint density at radius 2 is 1.82 bits per heavy atom. The van der Waals surface area contributed by atoms with E-state index in [0.29, 0.717) is 6.54 Å². The molecule has 116 valence electrons. The molecule has 0 amide bonds. The Bertz CT molecular complexity index is 644. The molecule has 4 nitrogen and oxygen atoms in total. The number of anilines is 1. The van der Waals surface area contributed by atoms with Crippen molar-refractivity contribution in [2.45, 2.75) is 32.5 Å². The van der Waals surface area contributed by atoms with Crippen molar-refractivity contribution in [2.24, 2.45) is 0 Å². The normalized spacial score (nSPS) is 18.3. The second-order valence-corrected chi connectivity index (χ2v) is 5.71. The lowest BCUT2D eigenvalue weighted by molar-refractivity contribution is -0.142. The second-order valence-electron chi connectivity index (χ2n) is 5.71. The van der Waals surface area contributed by atoms with Crippen LogP contribution < -0.4 is 4.90 Å². The van der Waals surface area contributed by atoms with Crippen LogP contribution >= 0.6 is 0 Å². The van der Waals surface area contributed by atoms with Crippen LogP contribution in [0.2, 0.25) is 0 Å². The van der Waals surface area contributed by atoms with Gasteiger partial charge in [0.1, 0.15) is 11.9 Å². The minimum absolute atomic E-state index is 0.215. The number of phenolic OH excluding ortho intramolecular Hbond substituents is 1. The Kier molecular flexibility index (Phi) is 4.32. The third kappa shape index (κ3) is 2.67. The average molecular weight is 298 g/mol. The fourth-order valence-electron chi connectivity index (χ4n) is 3.08. The van der Waals surface area contributed by atoms with E-state index in [-0.39, 0.29) is 11.9 Å². The summed E-state index contributed by atoms with van der Waals surface area (Å²) in [5.74, 6) is 0.215. The fraction of sp³-hybridized carbons (Fsp3) is 0.333. The summed E-state index contributed by atoms with van der Waals surface area (Å²) in [6.07, 6.45) is 1.76. The topological polar surface area (TPSA) is 46.9 Å². The third-order valence-electron chi connectivity index (χ3n) is 4.18. The van der Waals surface area contributed by atoms with Crippen molar-refractivity contribution in [3.05, 3.63) is 59.7 Å². The minimum Gasteiger partial charge on any atom is -0.508 e. The van der Waals surface area contributed by atoms with E-state index in [1.807, 2.05) is 30.3 Å². The van der Waals surface area contributed by atoms with E-state index in [1.54, 1.807) is 12.1 Å². The van der Waals surface area contributed by atoms with Crippen LogP contribution in [-0.4, -0.2) is 21.9 Å². The molecule has 1 aliphatic rings. The molecule has 22 heavy (non-hydrogen) atoms. The highest BCUT2D eigenvalue weighted by Gasteiger charge is 2.33. The van der Waals surface area contributed by atoms with Crippen LogP contribution in [0.25, 0.3) is 0 Å². The van der Waals surface area contributed by atoms with Crippen LogP contribution in [0, 0.1) is 0 Å². The number of fused-ring (bicyclic) bond motifs is 1. The van der Waals surface area contributed by atoms with Gasteiger partial charge in [-0.25, -0.2) is 0 Å². The lowest BCUT2D eigenvalue weighted by Gasteiger charge is -2.43. The van der Waals surface area contributed by atoms with Gasteiger partial charge >= 0.3 is 0 Å². The first-order valence-electron chi connectivity index (χ1n) is 7.80. The van der Waals surface area contributed by atoms with E-state index >= 15 is 0 Å². The number of para-hydroxylation sites is 2. The molecule has 2 aromatic rings. The number of unbranched alkanes of at least 4 members (excludes halogenated alkanes) is 1. The van der Waals surface area contributed by atoms with Crippen LogP contribution in [0.4, 0.5) is 5.69 Å². The SMILES string of the molecule is CCCCN1c2ccccc2CN(O)C1c1ccccc1O. The van der Waals surface area contributed by atoms with Gasteiger partial charge in [-0.2, -0.15) is 5.06 Å². The van der Waals surface area contributed by atoms with E-state index in [4.69, 9.17) is 0 Å². The Morgan fingerprint density at radius 3 is 2.59 bits per heavy atom. The number of rotatable bonds is 4. The van der Waals surface area contributed by atoms with Crippen LogP contribution in [0.15, 0.2) is 48.5 Å². The highest BCUT2D eigenvalue weighted by molar-refractivity contribution is 5.58. The van der Waals surface area contributed by atoms with Crippen molar-refractivity contribution in [3.63, 3.8) is 0 Å². The van der Waals surface area contributed by atoms with E-state index in [0.717, 1.165) is 36.2 Å². The summed E-state index contributed by atoms with van der Waals surface area (Å²) in [5, 5.41) is 22.1. The van der Waals surface area contributed by atoms with Gasteiger partial charge in [0.15, 0.2) is 0 Å². The van der Waals surface area contributed by atoms with Crippen LogP contribution in [-0.2, 0) is 6.54 Å². The third-order valence-corrected chi connectivity index (χ3v) is 4.18. The zero-order valence-corrected chi connectivity index (χ0v) is 12.8. The van der Waals surface area contributed by atoms with Gasteiger partial charge in [0, 0.05) is 17.8 Å². The van der Waals surface area contributed by atoms with Gasteiger partial charge in [-0.3, -0.25) is 0 Å². The molecule has 0 fully saturated rings. The maximum atomic E-state index is 10.5. The largest absolute Gasteiger partial charge is 0.508 e. The van der Waals surface area contributed by atoms with Crippen LogP contribution in [0.1, 0.15) is 37.1 Å². The summed E-state index contributed by atoms with van der Waals surface area (Å²) in [6.45, 7) is 3.45. The number of hydroxylamine groups is 2. The number of hydrogen-bond donors (Lipinski definition) is 2. The van der Waals surface area contributed by atoms with E-state index in [2.05, 4.69) is 17.9 Å². The van der Waals surface area contributed by atoms with Crippen molar-refractivity contribution in [1.82, 2.24) is 5.06 Å². The molecule has 0 saturated heterocycles. The van der Waals surface area contributed by atoms with Gasteiger partial charge in [0.25, 0.3) is 0 Å². The van der Waals surface area contributed by atoms with E-state index < -0.39 is 0 Å². The number of aromatic hydroxyl groups is 1. The number of phenols is 1. The number of hydrogen-bond acceptors (Lipinski definition) is 4. The quantitative estimate of drug-likeness (QED) is 0.898. The van der Waals surface area contributed by atoms with Gasteiger partial charge in [-0.15, -0.1) is 0 Å². The first-order valence-corrected chi connectivity index (χ1v) is 7.80. The molecular weight excluding hydrogens is 276 g/mol. The predicted molar refractivity (Wildman–Crippen MR) is 86.9 cm³/mol. The number of benzene rings is 2. The minimum atomic E-state index is -0.359. The summed E-state index contributed by atoms with van der Waals surface area (Å²) >= 11 is 0. The molecular formula is C18H22N2O2. The van der Waals surface area contributed by atoms with E-state index in [9.17, 15) is 10.3 Å². The maximum Gasteiger partial charge on any atom is 0.135 e. The maximum absolute atomic E-state index is 10.5. The molecule has 1 aliphatic heterocycles. The smallest absolute Gasteiger partial charge is 0.135 e. The fourth-order valence-corrected chi connectivity index (χ4v) is 3.08. The van der Waals surface area contributed by atoms with Crippen LogP contribution in [0.5, 0.6) is 5.75 Å². The van der Waals surface area contributed by atoms with Gasteiger partial charge in [-0.1, -0.05) is 49.7 Å². The molecule has 0 radical (unpaired) electrons. The molecule has 2 N–H and O–H groups in total. The van der Waals surface area contributed by atoms with Crippen LogP contribution in [0.3, 0.4) is 0 Å². The van der Waals surface area contributed by atoms with Gasteiger partial charge < -0.3 is 15.2 Å². The summed E-state index contributed by atoms with van der Waals surface area (Å²) in [4.78, 5) is 2.18. The van der Waals surface area contributed by atoms with Gasteiger partial charge in [0.05, 0.1) is 6.54 Å². The molecule has 0 aromatic heterocycles. The molecule has 1 heterocycles. The average Bonchev–Trinajstić information content (AvgIpc) is 2.53. The summed E-state index contributed by atoms with van der Waals surface area (Å²) in [5.41, 5.74) is 2.97. The second kappa shape index (κ2) is 6.38.